The van der Waals surface area contributed by atoms with Crippen molar-refractivity contribution in [1.82, 2.24) is 0 Å². The maximum Gasteiger partial charge on any atom is 0.146 e. The summed E-state index contributed by atoms with van der Waals surface area (Å²) in [6.45, 7) is 2.07. The molecule has 0 aromatic heterocycles. The average molecular weight is 322 g/mol. The normalized spacial score (nSPS) is 12.2. The molecule has 0 saturated heterocycles. The molecule has 0 saturated carbocycles. The van der Waals surface area contributed by atoms with E-state index in [1.165, 1.54) is 11.6 Å². The second kappa shape index (κ2) is 6.71. The van der Waals surface area contributed by atoms with Gasteiger partial charge in [-0.05, 0) is 43.5 Å². The van der Waals surface area contributed by atoms with E-state index < -0.39 is 0 Å². The summed E-state index contributed by atoms with van der Waals surface area (Å²) in [6.07, 6.45) is 1.96. The highest BCUT2D eigenvalue weighted by Gasteiger charge is 2.07. The maximum atomic E-state index is 13.6. The van der Waals surface area contributed by atoms with E-state index in [0.29, 0.717) is 5.69 Å². The van der Waals surface area contributed by atoms with Crippen molar-refractivity contribution in [3.8, 4) is 0 Å². The predicted octanol–water partition coefficient (Wildman–Crippen LogP) is 5.02. The van der Waals surface area contributed by atoms with Crippen molar-refractivity contribution in [1.29, 1.82) is 0 Å². The fourth-order valence-electron chi connectivity index (χ4n) is 1.97. The van der Waals surface area contributed by atoms with Crippen LogP contribution in [0.1, 0.15) is 18.9 Å². The van der Waals surface area contributed by atoms with E-state index in [2.05, 4.69) is 40.3 Å². The number of halogens is 2. The third-order valence-electron chi connectivity index (χ3n) is 3.04. The summed E-state index contributed by atoms with van der Waals surface area (Å²) in [5.41, 5.74) is 1.86. The summed E-state index contributed by atoms with van der Waals surface area (Å²) in [5, 5.41) is 3.22. The number of nitrogens with one attached hydrogen (secondary N) is 1. The minimum atomic E-state index is -0.213. The highest BCUT2D eigenvalue weighted by molar-refractivity contribution is 9.10. The largest absolute Gasteiger partial charge is 0.380 e. The molecule has 0 spiro atoms. The van der Waals surface area contributed by atoms with E-state index in [1.54, 1.807) is 12.1 Å². The molecule has 3 heteroatoms. The van der Waals surface area contributed by atoms with Crippen LogP contribution >= 0.6 is 15.9 Å². The van der Waals surface area contributed by atoms with Gasteiger partial charge in [0.1, 0.15) is 5.82 Å². The quantitative estimate of drug-likeness (QED) is 0.815. The summed E-state index contributed by atoms with van der Waals surface area (Å²) in [5.74, 6) is -0.213. The van der Waals surface area contributed by atoms with Crippen LogP contribution in [0.2, 0.25) is 0 Å². The second-order valence-corrected chi connectivity index (χ2v) is 5.61. The fourth-order valence-corrected chi connectivity index (χ4v) is 2.33. The van der Waals surface area contributed by atoms with Gasteiger partial charge in [-0.3, -0.25) is 0 Å². The van der Waals surface area contributed by atoms with Crippen molar-refractivity contribution in [2.45, 2.75) is 25.8 Å². The van der Waals surface area contributed by atoms with Gasteiger partial charge in [-0.25, -0.2) is 4.39 Å². The Hall–Kier alpha value is -1.35. The smallest absolute Gasteiger partial charge is 0.146 e. The summed E-state index contributed by atoms with van der Waals surface area (Å²) in [4.78, 5) is 0. The van der Waals surface area contributed by atoms with Crippen LogP contribution in [-0.4, -0.2) is 6.04 Å². The molecule has 1 unspecified atom stereocenters. The van der Waals surface area contributed by atoms with Gasteiger partial charge in [-0.1, -0.05) is 46.3 Å². The standard InChI is InChI=1S/C16H17BrFN/c1-12(7-8-13-5-3-2-4-6-13)19-16-11-14(17)9-10-15(16)18/h2-6,9-12,19H,7-8H2,1H3. The zero-order valence-electron chi connectivity index (χ0n) is 10.9. The van der Waals surface area contributed by atoms with E-state index in [1.807, 2.05) is 18.2 Å². The van der Waals surface area contributed by atoms with Crippen LogP contribution in [0, 0.1) is 5.82 Å². The molecular formula is C16H17BrFN. The van der Waals surface area contributed by atoms with E-state index >= 15 is 0 Å². The lowest BCUT2D eigenvalue weighted by atomic mass is 10.1. The average Bonchev–Trinajstić information content (AvgIpc) is 2.42. The molecule has 19 heavy (non-hydrogen) atoms. The van der Waals surface area contributed by atoms with Gasteiger partial charge < -0.3 is 5.32 Å². The first-order chi connectivity index (χ1) is 9.15. The summed E-state index contributed by atoms with van der Waals surface area (Å²) in [7, 11) is 0. The Kier molecular flexibility index (Phi) is 4.97. The lowest BCUT2D eigenvalue weighted by molar-refractivity contribution is 0.621. The van der Waals surface area contributed by atoms with Crippen LogP contribution in [0.3, 0.4) is 0 Å². The van der Waals surface area contributed by atoms with Crippen LogP contribution in [-0.2, 0) is 6.42 Å². The summed E-state index contributed by atoms with van der Waals surface area (Å²) in [6, 6.07) is 15.5. The van der Waals surface area contributed by atoms with Crippen LogP contribution in [0.4, 0.5) is 10.1 Å². The van der Waals surface area contributed by atoms with Crippen molar-refractivity contribution in [3.05, 3.63) is 64.4 Å². The first-order valence-corrected chi connectivity index (χ1v) is 7.20. The van der Waals surface area contributed by atoms with Crippen LogP contribution in [0.5, 0.6) is 0 Å². The van der Waals surface area contributed by atoms with Gasteiger partial charge in [-0.2, -0.15) is 0 Å². The number of hydrogen-bond acceptors (Lipinski definition) is 1. The van der Waals surface area contributed by atoms with E-state index in [0.717, 1.165) is 17.3 Å². The molecule has 2 aromatic rings. The number of benzene rings is 2. The number of rotatable bonds is 5. The van der Waals surface area contributed by atoms with Crippen molar-refractivity contribution in [3.63, 3.8) is 0 Å². The van der Waals surface area contributed by atoms with Crippen molar-refractivity contribution in [2.75, 3.05) is 5.32 Å². The zero-order chi connectivity index (χ0) is 13.7. The Bertz CT molecular complexity index is 528. The molecule has 2 rings (SSSR count). The lowest BCUT2D eigenvalue weighted by Crippen LogP contribution is -2.16. The molecule has 0 aliphatic rings. The first-order valence-electron chi connectivity index (χ1n) is 6.40. The van der Waals surface area contributed by atoms with E-state index in [4.69, 9.17) is 0 Å². The van der Waals surface area contributed by atoms with Crippen LogP contribution in [0.25, 0.3) is 0 Å². The van der Waals surface area contributed by atoms with Gasteiger partial charge in [0.2, 0.25) is 0 Å². The molecule has 0 amide bonds. The van der Waals surface area contributed by atoms with Gasteiger partial charge in [0.05, 0.1) is 5.69 Å². The Balaban J connectivity index is 1.90. The van der Waals surface area contributed by atoms with Crippen molar-refractivity contribution >= 4 is 21.6 Å². The van der Waals surface area contributed by atoms with Gasteiger partial charge >= 0.3 is 0 Å². The molecule has 2 aromatic carbocycles. The SMILES string of the molecule is CC(CCc1ccccc1)Nc1cc(Br)ccc1F. The third-order valence-corrected chi connectivity index (χ3v) is 3.53. The Morgan fingerprint density at radius 3 is 2.63 bits per heavy atom. The monoisotopic (exact) mass is 321 g/mol. The van der Waals surface area contributed by atoms with Crippen molar-refractivity contribution < 1.29 is 4.39 Å². The third kappa shape index (κ3) is 4.35. The maximum absolute atomic E-state index is 13.6. The van der Waals surface area contributed by atoms with Gasteiger partial charge in [-0.15, -0.1) is 0 Å². The summed E-state index contributed by atoms with van der Waals surface area (Å²) >= 11 is 3.36. The number of hydrogen-bond donors (Lipinski definition) is 1. The molecule has 1 N–H and O–H groups in total. The van der Waals surface area contributed by atoms with Crippen LogP contribution in [0.15, 0.2) is 53.0 Å². The topological polar surface area (TPSA) is 12.0 Å². The Morgan fingerprint density at radius 1 is 1.16 bits per heavy atom. The minimum Gasteiger partial charge on any atom is -0.380 e. The summed E-state index contributed by atoms with van der Waals surface area (Å²) < 4.78 is 14.5. The van der Waals surface area contributed by atoms with Gasteiger partial charge in [0, 0.05) is 10.5 Å². The number of anilines is 1. The molecule has 1 atom stereocenters. The Morgan fingerprint density at radius 2 is 1.89 bits per heavy atom. The zero-order valence-corrected chi connectivity index (χ0v) is 12.5. The molecule has 0 aliphatic carbocycles. The molecule has 0 fully saturated rings. The minimum absolute atomic E-state index is 0.213. The first kappa shape index (κ1) is 14.1. The number of aryl methyl sites for hydroxylation is 1. The van der Waals surface area contributed by atoms with Crippen LogP contribution < -0.4 is 5.32 Å². The second-order valence-electron chi connectivity index (χ2n) is 4.69. The van der Waals surface area contributed by atoms with Gasteiger partial charge in [0.25, 0.3) is 0 Å². The van der Waals surface area contributed by atoms with Gasteiger partial charge in [0.15, 0.2) is 0 Å². The molecule has 0 heterocycles. The van der Waals surface area contributed by atoms with Crippen molar-refractivity contribution in [2.24, 2.45) is 0 Å². The lowest BCUT2D eigenvalue weighted by Gasteiger charge is -2.16. The molecular weight excluding hydrogens is 305 g/mol. The highest BCUT2D eigenvalue weighted by atomic mass is 79.9. The molecule has 0 radical (unpaired) electrons. The molecule has 0 bridgehead atoms. The molecule has 1 nitrogen and oxygen atoms in total. The molecule has 100 valence electrons. The fraction of sp³-hybridized carbons (Fsp3) is 0.250. The Labute approximate surface area is 122 Å². The van der Waals surface area contributed by atoms with E-state index in [9.17, 15) is 4.39 Å². The van der Waals surface area contributed by atoms with E-state index in [-0.39, 0.29) is 11.9 Å². The molecule has 0 aliphatic heterocycles. The predicted molar refractivity (Wildman–Crippen MR) is 81.9 cm³/mol. The highest BCUT2D eigenvalue weighted by Crippen LogP contribution is 2.21.